The van der Waals surface area contributed by atoms with Gasteiger partial charge in [0.1, 0.15) is 5.82 Å². The van der Waals surface area contributed by atoms with Gasteiger partial charge in [-0.05, 0) is 35.9 Å². The third-order valence-corrected chi connectivity index (χ3v) is 3.18. The Kier molecular flexibility index (Phi) is 4.09. The summed E-state index contributed by atoms with van der Waals surface area (Å²) in [5.74, 6) is -0.934. The first-order valence-corrected chi connectivity index (χ1v) is 6.85. The Hall–Kier alpha value is -3.09. The molecule has 0 fully saturated rings. The Bertz CT molecular complexity index is 763. The normalized spacial score (nSPS) is 11.9. The maximum Gasteiger partial charge on any atom is 0.313 e. The minimum absolute atomic E-state index is 0.159. The summed E-state index contributed by atoms with van der Waals surface area (Å²) < 4.78 is 23.4. The molecule has 0 radical (unpaired) electrons. The molecule has 0 aliphatic carbocycles. The molecule has 0 saturated carbocycles. The van der Waals surface area contributed by atoms with Crippen molar-refractivity contribution in [1.29, 1.82) is 0 Å². The van der Waals surface area contributed by atoms with E-state index in [1.165, 1.54) is 18.2 Å². The lowest BCUT2D eigenvalue weighted by molar-refractivity contribution is -0.136. The molecule has 1 aliphatic heterocycles. The predicted molar refractivity (Wildman–Crippen MR) is 79.4 cm³/mol. The molecule has 7 heteroatoms. The van der Waals surface area contributed by atoms with E-state index in [1.807, 2.05) is 0 Å². The molecule has 2 aromatic rings. The molecule has 0 atom stereocenters. The summed E-state index contributed by atoms with van der Waals surface area (Å²) in [5, 5.41) is 4.81. The van der Waals surface area contributed by atoms with E-state index in [2.05, 4.69) is 10.6 Å². The van der Waals surface area contributed by atoms with Crippen LogP contribution >= 0.6 is 0 Å². The summed E-state index contributed by atoms with van der Waals surface area (Å²) in [6.07, 6.45) is 0. The highest BCUT2D eigenvalue weighted by Gasteiger charge is 2.16. The number of fused-ring (bicyclic) bond motifs is 1. The summed E-state index contributed by atoms with van der Waals surface area (Å²) in [6, 6.07) is 10.5. The Morgan fingerprint density at radius 3 is 2.70 bits per heavy atom. The molecule has 0 spiro atoms. The van der Waals surface area contributed by atoms with Crippen LogP contribution in [-0.4, -0.2) is 18.6 Å². The van der Waals surface area contributed by atoms with Gasteiger partial charge < -0.3 is 20.1 Å². The fraction of sp³-hybridized carbons (Fsp3) is 0.125. The van der Waals surface area contributed by atoms with Gasteiger partial charge in [0, 0.05) is 12.2 Å². The van der Waals surface area contributed by atoms with Crippen LogP contribution in [0.25, 0.3) is 0 Å². The second-order valence-corrected chi connectivity index (χ2v) is 4.83. The number of halogens is 1. The number of carbonyl (C=O) groups excluding carboxylic acids is 2. The van der Waals surface area contributed by atoms with E-state index in [0.717, 1.165) is 11.6 Å². The largest absolute Gasteiger partial charge is 0.454 e. The van der Waals surface area contributed by atoms with Crippen molar-refractivity contribution < 1.29 is 23.5 Å². The first-order chi connectivity index (χ1) is 11.1. The zero-order valence-corrected chi connectivity index (χ0v) is 12.0. The third-order valence-electron chi connectivity index (χ3n) is 3.18. The molecule has 1 aliphatic rings. The van der Waals surface area contributed by atoms with Gasteiger partial charge in [0.15, 0.2) is 11.5 Å². The number of anilines is 1. The van der Waals surface area contributed by atoms with Gasteiger partial charge in [0.2, 0.25) is 6.79 Å². The van der Waals surface area contributed by atoms with Gasteiger partial charge in [-0.3, -0.25) is 9.59 Å². The zero-order valence-electron chi connectivity index (χ0n) is 12.0. The molecule has 6 nitrogen and oxygen atoms in total. The Labute approximate surface area is 131 Å². The number of carbonyl (C=O) groups is 2. The Morgan fingerprint density at radius 2 is 1.87 bits per heavy atom. The number of ether oxygens (including phenoxy) is 2. The van der Waals surface area contributed by atoms with Crippen molar-refractivity contribution in [3.63, 3.8) is 0 Å². The van der Waals surface area contributed by atoms with E-state index in [1.54, 1.807) is 18.2 Å². The van der Waals surface area contributed by atoms with E-state index in [4.69, 9.17) is 9.47 Å². The number of rotatable bonds is 3. The van der Waals surface area contributed by atoms with Crippen LogP contribution in [-0.2, 0) is 16.1 Å². The molecular formula is C16H13FN2O4. The molecule has 3 rings (SSSR count). The van der Waals surface area contributed by atoms with Crippen LogP contribution in [0.15, 0.2) is 42.5 Å². The lowest BCUT2D eigenvalue weighted by Gasteiger charge is -2.07. The molecule has 1 heterocycles. The standard InChI is InChI=1S/C16H13FN2O4/c17-11-2-1-3-12(7-11)19-16(21)15(20)18-8-10-4-5-13-14(6-10)23-9-22-13/h1-7H,8-9H2,(H,18,20)(H,19,21). The first-order valence-electron chi connectivity index (χ1n) is 6.85. The second-order valence-electron chi connectivity index (χ2n) is 4.83. The summed E-state index contributed by atoms with van der Waals surface area (Å²) in [4.78, 5) is 23.5. The van der Waals surface area contributed by atoms with Gasteiger partial charge in [-0.25, -0.2) is 4.39 Å². The van der Waals surface area contributed by atoms with Crippen LogP contribution in [0.5, 0.6) is 11.5 Å². The van der Waals surface area contributed by atoms with Crippen LogP contribution in [0.4, 0.5) is 10.1 Å². The summed E-state index contributed by atoms with van der Waals surface area (Å²) >= 11 is 0. The molecule has 2 amide bonds. The fourth-order valence-electron chi connectivity index (χ4n) is 2.07. The van der Waals surface area contributed by atoms with Crippen LogP contribution in [0, 0.1) is 5.82 Å². The lowest BCUT2D eigenvalue weighted by atomic mass is 10.2. The molecule has 2 N–H and O–H groups in total. The van der Waals surface area contributed by atoms with Crippen molar-refractivity contribution in [2.45, 2.75) is 6.54 Å². The number of benzene rings is 2. The molecule has 0 aromatic heterocycles. The Morgan fingerprint density at radius 1 is 1.04 bits per heavy atom. The molecular weight excluding hydrogens is 303 g/mol. The summed E-state index contributed by atoms with van der Waals surface area (Å²) in [6.45, 7) is 0.327. The van der Waals surface area contributed by atoms with E-state index < -0.39 is 17.6 Å². The molecule has 0 unspecified atom stereocenters. The van der Waals surface area contributed by atoms with Crippen molar-refractivity contribution in [1.82, 2.24) is 5.32 Å². The first kappa shape index (κ1) is 14.8. The van der Waals surface area contributed by atoms with Crippen molar-refractivity contribution in [3.8, 4) is 11.5 Å². The van der Waals surface area contributed by atoms with E-state index in [-0.39, 0.29) is 19.0 Å². The molecule has 23 heavy (non-hydrogen) atoms. The number of amides is 2. The van der Waals surface area contributed by atoms with Crippen LogP contribution in [0.3, 0.4) is 0 Å². The second kappa shape index (κ2) is 6.35. The summed E-state index contributed by atoms with van der Waals surface area (Å²) in [7, 11) is 0. The molecule has 0 saturated heterocycles. The van der Waals surface area contributed by atoms with E-state index in [0.29, 0.717) is 11.5 Å². The topological polar surface area (TPSA) is 76.7 Å². The van der Waals surface area contributed by atoms with Gasteiger partial charge >= 0.3 is 11.8 Å². The molecule has 0 bridgehead atoms. The SMILES string of the molecule is O=C(NCc1ccc2c(c1)OCO2)C(=O)Nc1cccc(F)c1. The predicted octanol–water partition coefficient (Wildman–Crippen LogP) is 1.81. The van der Waals surface area contributed by atoms with Crippen molar-refractivity contribution in [3.05, 3.63) is 53.8 Å². The van der Waals surface area contributed by atoms with Crippen molar-refractivity contribution in [2.75, 3.05) is 12.1 Å². The highest BCUT2D eigenvalue weighted by Crippen LogP contribution is 2.32. The number of nitrogens with one attached hydrogen (secondary N) is 2. The third kappa shape index (κ3) is 3.57. The monoisotopic (exact) mass is 316 g/mol. The Balaban J connectivity index is 1.55. The smallest absolute Gasteiger partial charge is 0.313 e. The minimum Gasteiger partial charge on any atom is -0.454 e. The fourth-order valence-corrected chi connectivity index (χ4v) is 2.07. The maximum atomic E-state index is 13.0. The number of hydrogen-bond donors (Lipinski definition) is 2. The van der Waals surface area contributed by atoms with Gasteiger partial charge in [-0.2, -0.15) is 0 Å². The zero-order chi connectivity index (χ0) is 16.2. The van der Waals surface area contributed by atoms with Gasteiger partial charge in [-0.15, -0.1) is 0 Å². The average molecular weight is 316 g/mol. The van der Waals surface area contributed by atoms with Gasteiger partial charge in [-0.1, -0.05) is 12.1 Å². The summed E-state index contributed by atoms with van der Waals surface area (Å²) in [5.41, 5.74) is 0.981. The van der Waals surface area contributed by atoms with Crippen molar-refractivity contribution in [2.24, 2.45) is 0 Å². The van der Waals surface area contributed by atoms with E-state index in [9.17, 15) is 14.0 Å². The van der Waals surface area contributed by atoms with Crippen LogP contribution in [0.2, 0.25) is 0 Å². The number of hydrogen-bond acceptors (Lipinski definition) is 4. The molecule has 118 valence electrons. The van der Waals surface area contributed by atoms with Crippen LogP contribution in [0.1, 0.15) is 5.56 Å². The average Bonchev–Trinajstić information content (AvgIpc) is 3.00. The van der Waals surface area contributed by atoms with Gasteiger partial charge in [0.05, 0.1) is 0 Å². The lowest BCUT2D eigenvalue weighted by Crippen LogP contribution is -2.34. The van der Waals surface area contributed by atoms with Crippen LogP contribution < -0.4 is 20.1 Å². The highest BCUT2D eigenvalue weighted by molar-refractivity contribution is 6.39. The van der Waals surface area contributed by atoms with Gasteiger partial charge in [0.25, 0.3) is 0 Å². The molecule has 2 aromatic carbocycles. The quantitative estimate of drug-likeness (QED) is 0.847. The maximum absolute atomic E-state index is 13.0. The van der Waals surface area contributed by atoms with Crippen molar-refractivity contribution >= 4 is 17.5 Å². The highest BCUT2D eigenvalue weighted by atomic mass is 19.1. The minimum atomic E-state index is -0.864. The van der Waals surface area contributed by atoms with E-state index >= 15 is 0 Å².